The Bertz CT molecular complexity index is 407. The molecule has 0 unspecified atom stereocenters. The van der Waals surface area contributed by atoms with Gasteiger partial charge in [0.25, 0.3) is 0 Å². The molecule has 0 heterocycles. The number of hydrogen-bond donors (Lipinski definition) is 1. The molecule has 1 amide bonds. The van der Waals surface area contributed by atoms with E-state index in [1.54, 1.807) is 26.2 Å². The minimum absolute atomic E-state index is 0.0335. The SMILES string of the molecule is COc1ccc(OC)c(CCN(C)C(=O)CN)c1. The van der Waals surface area contributed by atoms with E-state index >= 15 is 0 Å². The lowest BCUT2D eigenvalue weighted by Crippen LogP contribution is -2.34. The molecule has 0 atom stereocenters. The minimum Gasteiger partial charge on any atom is -0.497 e. The molecular weight excluding hydrogens is 232 g/mol. The molecule has 0 bridgehead atoms. The molecule has 0 radical (unpaired) electrons. The van der Waals surface area contributed by atoms with E-state index in [-0.39, 0.29) is 12.5 Å². The molecule has 0 fully saturated rings. The normalized spacial score (nSPS) is 10.0. The van der Waals surface area contributed by atoms with E-state index in [4.69, 9.17) is 15.2 Å². The van der Waals surface area contributed by atoms with E-state index in [2.05, 4.69) is 0 Å². The van der Waals surface area contributed by atoms with Crippen LogP contribution in [0.5, 0.6) is 11.5 Å². The molecule has 0 spiro atoms. The fourth-order valence-electron chi connectivity index (χ4n) is 1.65. The molecule has 1 rings (SSSR count). The zero-order valence-corrected chi connectivity index (χ0v) is 11.1. The number of ether oxygens (including phenoxy) is 2. The second-order valence-corrected chi connectivity index (χ2v) is 3.95. The monoisotopic (exact) mass is 252 g/mol. The number of carbonyl (C=O) groups is 1. The number of methoxy groups -OCH3 is 2. The van der Waals surface area contributed by atoms with Gasteiger partial charge < -0.3 is 20.1 Å². The number of amides is 1. The topological polar surface area (TPSA) is 64.8 Å². The van der Waals surface area contributed by atoms with Crippen LogP contribution in [0.4, 0.5) is 0 Å². The van der Waals surface area contributed by atoms with Crippen molar-refractivity contribution in [3.05, 3.63) is 23.8 Å². The number of rotatable bonds is 6. The average molecular weight is 252 g/mol. The molecule has 0 aromatic heterocycles. The maximum Gasteiger partial charge on any atom is 0.236 e. The summed E-state index contributed by atoms with van der Waals surface area (Å²) < 4.78 is 10.5. The van der Waals surface area contributed by atoms with Gasteiger partial charge in [0.05, 0.1) is 20.8 Å². The zero-order chi connectivity index (χ0) is 13.5. The van der Waals surface area contributed by atoms with Gasteiger partial charge in [-0.3, -0.25) is 4.79 Å². The van der Waals surface area contributed by atoms with Gasteiger partial charge in [-0.05, 0) is 30.2 Å². The van der Waals surface area contributed by atoms with Gasteiger partial charge in [-0.1, -0.05) is 0 Å². The third kappa shape index (κ3) is 3.63. The van der Waals surface area contributed by atoms with Crippen molar-refractivity contribution in [1.82, 2.24) is 4.90 Å². The molecule has 0 saturated heterocycles. The van der Waals surface area contributed by atoms with E-state index in [1.165, 1.54) is 0 Å². The van der Waals surface area contributed by atoms with E-state index in [1.807, 2.05) is 18.2 Å². The van der Waals surface area contributed by atoms with Gasteiger partial charge in [0.15, 0.2) is 0 Å². The third-order valence-electron chi connectivity index (χ3n) is 2.80. The molecule has 1 aromatic rings. The molecule has 0 aliphatic carbocycles. The van der Waals surface area contributed by atoms with Crippen molar-refractivity contribution in [2.24, 2.45) is 5.73 Å². The lowest BCUT2D eigenvalue weighted by atomic mass is 10.1. The highest BCUT2D eigenvalue weighted by Gasteiger charge is 2.09. The Morgan fingerprint density at radius 3 is 2.61 bits per heavy atom. The van der Waals surface area contributed by atoms with Crippen LogP contribution >= 0.6 is 0 Å². The number of carbonyl (C=O) groups excluding carboxylic acids is 1. The van der Waals surface area contributed by atoms with Crippen molar-refractivity contribution in [3.8, 4) is 11.5 Å². The number of nitrogens with two attached hydrogens (primary N) is 1. The lowest BCUT2D eigenvalue weighted by molar-refractivity contribution is -0.128. The van der Waals surface area contributed by atoms with Crippen molar-refractivity contribution in [1.29, 1.82) is 0 Å². The van der Waals surface area contributed by atoms with Crippen LogP contribution in [-0.2, 0) is 11.2 Å². The third-order valence-corrected chi connectivity index (χ3v) is 2.80. The van der Waals surface area contributed by atoms with Crippen LogP contribution in [0, 0.1) is 0 Å². The van der Waals surface area contributed by atoms with Crippen molar-refractivity contribution in [2.75, 3.05) is 34.4 Å². The lowest BCUT2D eigenvalue weighted by Gasteiger charge is -2.17. The molecule has 18 heavy (non-hydrogen) atoms. The summed E-state index contributed by atoms with van der Waals surface area (Å²) in [6, 6.07) is 5.62. The number of hydrogen-bond acceptors (Lipinski definition) is 4. The van der Waals surface area contributed by atoms with Crippen LogP contribution in [0.25, 0.3) is 0 Å². The molecule has 100 valence electrons. The van der Waals surface area contributed by atoms with Crippen LogP contribution in [0.15, 0.2) is 18.2 Å². The van der Waals surface area contributed by atoms with E-state index in [9.17, 15) is 4.79 Å². The number of benzene rings is 1. The van der Waals surface area contributed by atoms with Crippen LogP contribution in [0.3, 0.4) is 0 Å². The number of likely N-dealkylation sites (N-methyl/N-ethyl adjacent to an activating group) is 1. The predicted octanol–water partition coefficient (Wildman–Crippen LogP) is 0.663. The molecule has 1 aromatic carbocycles. The van der Waals surface area contributed by atoms with Crippen molar-refractivity contribution >= 4 is 5.91 Å². The Labute approximate surface area is 107 Å². The summed E-state index contributed by atoms with van der Waals surface area (Å²) in [4.78, 5) is 13.0. The van der Waals surface area contributed by atoms with Gasteiger partial charge in [-0.2, -0.15) is 0 Å². The Kier molecular flexibility index (Phi) is 5.45. The Morgan fingerprint density at radius 2 is 2.06 bits per heavy atom. The van der Waals surface area contributed by atoms with Crippen molar-refractivity contribution in [3.63, 3.8) is 0 Å². The van der Waals surface area contributed by atoms with Gasteiger partial charge in [0, 0.05) is 13.6 Å². The molecule has 0 saturated carbocycles. The first kappa shape index (κ1) is 14.3. The van der Waals surface area contributed by atoms with E-state index in [0.29, 0.717) is 13.0 Å². The van der Waals surface area contributed by atoms with Crippen molar-refractivity contribution in [2.45, 2.75) is 6.42 Å². The first-order chi connectivity index (χ1) is 8.62. The molecule has 2 N–H and O–H groups in total. The standard InChI is InChI=1S/C13H20N2O3/c1-15(13(16)9-14)7-6-10-8-11(17-2)4-5-12(10)18-3/h4-5,8H,6-7,9,14H2,1-3H3. The summed E-state index contributed by atoms with van der Waals surface area (Å²) in [5.41, 5.74) is 6.32. The van der Waals surface area contributed by atoms with Gasteiger partial charge in [-0.15, -0.1) is 0 Å². The maximum atomic E-state index is 11.4. The summed E-state index contributed by atoms with van der Waals surface area (Å²) in [7, 11) is 4.98. The maximum absolute atomic E-state index is 11.4. The summed E-state index contributed by atoms with van der Waals surface area (Å²) in [5.74, 6) is 1.50. The highest BCUT2D eigenvalue weighted by Crippen LogP contribution is 2.24. The molecule has 5 nitrogen and oxygen atoms in total. The second kappa shape index (κ2) is 6.86. The fraction of sp³-hybridized carbons (Fsp3) is 0.462. The second-order valence-electron chi connectivity index (χ2n) is 3.95. The quantitative estimate of drug-likeness (QED) is 0.808. The minimum atomic E-state index is -0.0723. The van der Waals surface area contributed by atoms with Crippen LogP contribution in [0.2, 0.25) is 0 Å². The average Bonchev–Trinajstić information content (AvgIpc) is 2.43. The van der Waals surface area contributed by atoms with Gasteiger partial charge in [-0.25, -0.2) is 0 Å². The Balaban J connectivity index is 2.73. The van der Waals surface area contributed by atoms with E-state index < -0.39 is 0 Å². The largest absolute Gasteiger partial charge is 0.497 e. The fourth-order valence-corrected chi connectivity index (χ4v) is 1.65. The molecule has 5 heteroatoms. The zero-order valence-electron chi connectivity index (χ0n) is 11.1. The van der Waals surface area contributed by atoms with Crippen LogP contribution in [-0.4, -0.2) is 45.2 Å². The first-order valence-electron chi connectivity index (χ1n) is 5.77. The molecular formula is C13H20N2O3. The summed E-state index contributed by atoms with van der Waals surface area (Å²) in [6.45, 7) is 0.630. The summed E-state index contributed by atoms with van der Waals surface area (Å²) in [6.07, 6.45) is 0.697. The highest BCUT2D eigenvalue weighted by atomic mass is 16.5. The highest BCUT2D eigenvalue weighted by molar-refractivity contribution is 5.77. The van der Waals surface area contributed by atoms with Gasteiger partial charge in [0.1, 0.15) is 11.5 Å². The molecule has 0 aliphatic rings. The first-order valence-corrected chi connectivity index (χ1v) is 5.77. The van der Waals surface area contributed by atoms with E-state index in [0.717, 1.165) is 17.1 Å². The molecule has 0 aliphatic heterocycles. The smallest absolute Gasteiger partial charge is 0.236 e. The van der Waals surface area contributed by atoms with Crippen LogP contribution in [0.1, 0.15) is 5.56 Å². The van der Waals surface area contributed by atoms with Gasteiger partial charge in [0.2, 0.25) is 5.91 Å². The summed E-state index contributed by atoms with van der Waals surface area (Å²) >= 11 is 0. The Morgan fingerprint density at radius 1 is 1.33 bits per heavy atom. The Hall–Kier alpha value is -1.75. The number of nitrogens with zero attached hydrogens (tertiary/aromatic N) is 1. The van der Waals surface area contributed by atoms with Crippen molar-refractivity contribution < 1.29 is 14.3 Å². The van der Waals surface area contributed by atoms with Crippen LogP contribution < -0.4 is 15.2 Å². The summed E-state index contributed by atoms with van der Waals surface area (Å²) in [5, 5.41) is 0. The van der Waals surface area contributed by atoms with Gasteiger partial charge >= 0.3 is 0 Å². The predicted molar refractivity (Wildman–Crippen MR) is 69.9 cm³/mol.